The highest BCUT2D eigenvalue weighted by atomic mass is 16.5. The molecule has 0 N–H and O–H groups in total. The van der Waals surface area contributed by atoms with E-state index < -0.39 is 5.97 Å². The van der Waals surface area contributed by atoms with Gasteiger partial charge >= 0.3 is 5.97 Å². The van der Waals surface area contributed by atoms with Gasteiger partial charge in [-0.1, -0.05) is 0 Å². The summed E-state index contributed by atoms with van der Waals surface area (Å²) in [6.07, 6.45) is 1.72. The molecule has 84 valence electrons. The Morgan fingerprint density at radius 2 is 1.93 bits per heavy atom. The number of Topliss-reactive ketones (excluding diaryl/α,β-unsaturated/α-hetero) is 1. The number of carbonyl (C=O) groups excluding carboxylic acids is 2. The van der Waals surface area contributed by atoms with Crippen molar-refractivity contribution in [2.24, 2.45) is 5.92 Å². The summed E-state index contributed by atoms with van der Waals surface area (Å²) in [4.78, 5) is 23.3. The highest BCUT2D eigenvalue weighted by molar-refractivity contribution is 6.19. The maximum atomic E-state index is 11.8. The van der Waals surface area contributed by atoms with E-state index >= 15 is 0 Å². The molecule has 1 rings (SSSR count). The minimum absolute atomic E-state index is 0.00509. The summed E-state index contributed by atoms with van der Waals surface area (Å²) < 4.78 is 9.77. The van der Waals surface area contributed by atoms with E-state index in [1.165, 1.54) is 7.11 Å². The molecule has 15 heavy (non-hydrogen) atoms. The van der Waals surface area contributed by atoms with Gasteiger partial charge in [0.05, 0.1) is 13.7 Å². The first-order chi connectivity index (χ1) is 7.11. The van der Waals surface area contributed by atoms with E-state index in [1.807, 2.05) is 0 Å². The Bertz CT molecular complexity index is 300. The second-order valence-corrected chi connectivity index (χ2v) is 3.49. The van der Waals surface area contributed by atoms with Crippen molar-refractivity contribution in [1.82, 2.24) is 0 Å². The van der Waals surface area contributed by atoms with Crippen molar-refractivity contribution < 1.29 is 19.1 Å². The van der Waals surface area contributed by atoms with E-state index in [4.69, 9.17) is 9.47 Å². The average molecular weight is 212 g/mol. The predicted molar refractivity (Wildman–Crippen MR) is 54.1 cm³/mol. The monoisotopic (exact) mass is 212 g/mol. The van der Waals surface area contributed by atoms with Crippen LogP contribution >= 0.6 is 0 Å². The van der Waals surface area contributed by atoms with Crippen molar-refractivity contribution in [3.05, 3.63) is 11.3 Å². The number of esters is 1. The zero-order valence-corrected chi connectivity index (χ0v) is 9.33. The van der Waals surface area contributed by atoms with Gasteiger partial charge in [-0.3, -0.25) is 4.79 Å². The van der Waals surface area contributed by atoms with Crippen LogP contribution in [0.4, 0.5) is 0 Å². The Kier molecular flexibility index (Phi) is 3.88. The molecule has 1 fully saturated rings. The summed E-state index contributed by atoms with van der Waals surface area (Å²) in [6, 6.07) is 0. The van der Waals surface area contributed by atoms with Gasteiger partial charge in [0, 0.05) is 5.92 Å². The molecule has 0 aromatic rings. The molecular weight excluding hydrogens is 196 g/mol. The van der Waals surface area contributed by atoms with E-state index in [9.17, 15) is 9.59 Å². The van der Waals surface area contributed by atoms with E-state index in [1.54, 1.807) is 13.8 Å². The van der Waals surface area contributed by atoms with Crippen molar-refractivity contribution in [3.8, 4) is 0 Å². The standard InChI is InChI=1S/C11H16O4/c1-4-15-11(13)9(7(2)14-3)10(12)8-5-6-8/h8H,4-6H2,1-3H3/b9-7+. The fourth-order valence-electron chi connectivity index (χ4n) is 1.27. The molecule has 1 aliphatic carbocycles. The molecule has 0 unspecified atom stereocenters. The first-order valence-electron chi connectivity index (χ1n) is 5.08. The van der Waals surface area contributed by atoms with Gasteiger partial charge in [-0.05, 0) is 26.7 Å². The lowest BCUT2D eigenvalue weighted by atomic mass is 10.1. The summed E-state index contributed by atoms with van der Waals surface area (Å²) in [7, 11) is 1.44. The summed E-state index contributed by atoms with van der Waals surface area (Å²) in [5.74, 6) is -0.388. The molecule has 0 amide bonds. The van der Waals surface area contributed by atoms with Crippen LogP contribution in [0.1, 0.15) is 26.7 Å². The fourth-order valence-corrected chi connectivity index (χ4v) is 1.27. The molecule has 4 nitrogen and oxygen atoms in total. The number of carbonyl (C=O) groups is 2. The molecule has 0 heterocycles. The van der Waals surface area contributed by atoms with Gasteiger partial charge in [0.1, 0.15) is 11.3 Å². The van der Waals surface area contributed by atoms with Crippen molar-refractivity contribution in [2.75, 3.05) is 13.7 Å². The summed E-state index contributed by atoms with van der Waals surface area (Å²) in [5.41, 5.74) is 0.0712. The van der Waals surface area contributed by atoms with Gasteiger partial charge in [0.15, 0.2) is 5.78 Å². The molecule has 0 saturated heterocycles. The maximum absolute atomic E-state index is 11.8. The molecular formula is C11H16O4. The van der Waals surface area contributed by atoms with Gasteiger partial charge in [0.2, 0.25) is 0 Å². The van der Waals surface area contributed by atoms with Gasteiger partial charge in [-0.2, -0.15) is 0 Å². The van der Waals surface area contributed by atoms with Crippen LogP contribution in [0.15, 0.2) is 11.3 Å². The Labute approximate surface area is 89.2 Å². The zero-order valence-electron chi connectivity index (χ0n) is 9.33. The molecule has 0 radical (unpaired) electrons. The smallest absolute Gasteiger partial charge is 0.345 e. The third-order valence-electron chi connectivity index (χ3n) is 2.33. The molecule has 1 saturated carbocycles. The van der Waals surface area contributed by atoms with Crippen LogP contribution < -0.4 is 0 Å². The van der Waals surface area contributed by atoms with E-state index in [0.717, 1.165) is 12.8 Å². The minimum atomic E-state index is -0.575. The molecule has 0 spiro atoms. The van der Waals surface area contributed by atoms with Crippen LogP contribution in [0.5, 0.6) is 0 Å². The van der Waals surface area contributed by atoms with E-state index in [2.05, 4.69) is 0 Å². The molecule has 0 aliphatic heterocycles. The van der Waals surface area contributed by atoms with E-state index in [-0.39, 0.29) is 23.9 Å². The lowest BCUT2D eigenvalue weighted by Crippen LogP contribution is -2.19. The normalized spacial score (nSPS) is 16.7. The molecule has 0 aromatic carbocycles. The van der Waals surface area contributed by atoms with Crippen LogP contribution in [0, 0.1) is 5.92 Å². The molecule has 0 bridgehead atoms. The van der Waals surface area contributed by atoms with Crippen LogP contribution in [-0.4, -0.2) is 25.5 Å². The Morgan fingerprint density at radius 1 is 1.33 bits per heavy atom. The Hall–Kier alpha value is -1.32. The third-order valence-corrected chi connectivity index (χ3v) is 2.33. The van der Waals surface area contributed by atoms with Crippen LogP contribution in [0.2, 0.25) is 0 Å². The van der Waals surface area contributed by atoms with Gasteiger partial charge in [-0.15, -0.1) is 0 Å². The second kappa shape index (κ2) is 4.96. The number of ketones is 1. The van der Waals surface area contributed by atoms with Crippen molar-refractivity contribution in [1.29, 1.82) is 0 Å². The van der Waals surface area contributed by atoms with Crippen molar-refractivity contribution in [2.45, 2.75) is 26.7 Å². The Balaban J connectivity index is 2.86. The summed E-state index contributed by atoms with van der Waals surface area (Å²) in [5, 5.41) is 0. The van der Waals surface area contributed by atoms with E-state index in [0.29, 0.717) is 5.76 Å². The van der Waals surface area contributed by atoms with Crippen LogP contribution in [-0.2, 0) is 19.1 Å². The zero-order chi connectivity index (χ0) is 11.4. The van der Waals surface area contributed by atoms with Gasteiger partial charge in [-0.25, -0.2) is 4.79 Å². The number of hydrogen-bond donors (Lipinski definition) is 0. The second-order valence-electron chi connectivity index (χ2n) is 3.49. The first kappa shape index (κ1) is 11.8. The maximum Gasteiger partial charge on any atom is 0.345 e. The Morgan fingerprint density at radius 3 is 2.33 bits per heavy atom. The number of allylic oxidation sites excluding steroid dienone is 1. The largest absolute Gasteiger partial charge is 0.500 e. The number of hydrogen-bond acceptors (Lipinski definition) is 4. The molecule has 4 heteroatoms. The fraction of sp³-hybridized carbons (Fsp3) is 0.636. The number of rotatable bonds is 5. The van der Waals surface area contributed by atoms with Gasteiger partial charge < -0.3 is 9.47 Å². The average Bonchev–Trinajstić information content (AvgIpc) is 3.01. The quantitative estimate of drug-likeness (QED) is 0.227. The van der Waals surface area contributed by atoms with Crippen LogP contribution in [0.3, 0.4) is 0 Å². The topological polar surface area (TPSA) is 52.6 Å². The lowest BCUT2D eigenvalue weighted by Gasteiger charge is -2.08. The van der Waals surface area contributed by atoms with Crippen molar-refractivity contribution >= 4 is 11.8 Å². The minimum Gasteiger partial charge on any atom is -0.500 e. The highest BCUT2D eigenvalue weighted by Crippen LogP contribution is 2.33. The highest BCUT2D eigenvalue weighted by Gasteiger charge is 2.36. The van der Waals surface area contributed by atoms with Crippen LogP contribution in [0.25, 0.3) is 0 Å². The predicted octanol–water partition coefficient (Wildman–Crippen LogP) is 1.45. The lowest BCUT2D eigenvalue weighted by molar-refractivity contribution is -0.140. The SMILES string of the molecule is CCOC(=O)/C(C(=O)C1CC1)=C(\C)OC. The first-order valence-corrected chi connectivity index (χ1v) is 5.08. The van der Waals surface area contributed by atoms with Gasteiger partial charge in [0.25, 0.3) is 0 Å². The summed E-state index contributed by atoms with van der Waals surface area (Å²) >= 11 is 0. The summed E-state index contributed by atoms with van der Waals surface area (Å²) in [6.45, 7) is 3.57. The number of ether oxygens (including phenoxy) is 2. The third kappa shape index (κ3) is 2.81. The van der Waals surface area contributed by atoms with Crippen molar-refractivity contribution in [3.63, 3.8) is 0 Å². The molecule has 1 aliphatic rings. The number of methoxy groups -OCH3 is 1. The molecule has 0 atom stereocenters. The molecule has 0 aromatic heterocycles.